The summed E-state index contributed by atoms with van der Waals surface area (Å²) >= 11 is 5.93. The summed E-state index contributed by atoms with van der Waals surface area (Å²) in [6.45, 7) is 2.99. The van der Waals surface area contributed by atoms with Gasteiger partial charge in [-0.3, -0.25) is 9.89 Å². The van der Waals surface area contributed by atoms with E-state index in [1.807, 2.05) is 24.3 Å². The van der Waals surface area contributed by atoms with Crippen molar-refractivity contribution in [3.05, 3.63) is 58.6 Å². The van der Waals surface area contributed by atoms with E-state index in [9.17, 15) is 5.11 Å². The zero-order valence-corrected chi connectivity index (χ0v) is 15.1. The molecule has 1 N–H and O–H groups in total. The standard InChI is InChI=1S/C20H23ClN2O2/c1-25-19-4-2-3-16(20(19)24)13-22-18-9-11-23(12-10-18)14-15-5-7-17(21)8-6-15/h2-8,13,18,24H,9-12,14H2,1H3. The van der Waals surface area contributed by atoms with E-state index < -0.39 is 0 Å². The number of hydrogen-bond donors (Lipinski definition) is 1. The van der Waals surface area contributed by atoms with Crippen LogP contribution in [0.15, 0.2) is 47.5 Å². The van der Waals surface area contributed by atoms with E-state index in [0.29, 0.717) is 17.4 Å². The number of phenols is 1. The van der Waals surface area contributed by atoms with E-state index >= 15 is 0 Å². The predicted octanol–water partition coefficient (Wildman–Crippen LogP) is 4.14. The summed E-state index contributed by atoms with van der Waals surface area (Å²) in [4.78, 5) is 7.10. The summed E-state index contributed by atoms with van der Waals surface area (Å²) in [5.41, 5.74) is 1.98. The average Bonchev–Trinajstić information content (AvgIpc) is 2.64. The molecule has 0 amide bonds. The second kappa shape index (κ2) is 8.37. The average molecular weight is 359 g/mol. The van der Waals surface area contributed by atoms with Gasteiger partial charge in [0.25, 0.3) is 0 Å². The molecular formula is C20H23ClN2O2. The van der Waals surface area contributed by atoms with Gasteiger partial charge in [-0.25, -0.2) is 0 Å². The number of phenolic OH excluding ortho intramolecular Hbond substituents is 1. The number of piperidine rings is 1. The van der Waals surface area contributed by atoms with Gasteiger partial charge in [-0.2, -0.15) is 0 Å². The maximum atomic E-state index is 10.1. The summed E-state index contributed by atoms with van der Waals surface area (Å²) < 4.78 is 5.13. The highest BCUT2D eigenvalue weighted by atomic mass is 35.5. The molecule has 0 spiro atoms. The minimum atomic E-state index is 0.147. The van der Waals surface area contributed by atoms with Crippen molar-refractivity contribution in [3.63, 3.8) is 0 Å². The van der Waals surface area contributed by atoms with Crippen LogP contribution in [0.1, 0.15) is 24.0 Å². The van der Waals surface area contributed by atoms with E-state index in [-0.39, 0.29) is 5.75 Å². The first-order valence-electron chi connectivity index (χ1n) is 8.51. The Morgan fingerprint density at radius 1 is 1.20 bits per heavy atom. The molecule has 132 valence electrons. The molecule has 1 fully saturated rings. The van der Waals surface area contributed by atoms with Gasteiger partial charge >= 0.3 is 0 Å². The Balaban J connectivity index is 1.53. The summed E-state index contributed by atoms with van der Waals surface area (Å²) in [6.07, 6.45) is 3.81. The fourth-order valence-corrected chi connectivity index (χ4v) is 3.19. The third kappa shape index (κ3) is 4.74. The van der Waals surface area contributed by atoms with Crippen LogP contribution < -0.4 is 4.74 Å². The van der Waals surface area contributed by atoms with Crippen LogP contribution >= 0.6 is 11.6 Å². The van der Waals surface area contributed by atoms with Crippen molar-refractivity contribution in [1.82, 2.24) is 4.90 Å². The van der Waals surface area contributed by atoms with Gasteiger partial charge < -0.3 is 9.84 Å². The smallest absolute Gasteiger partial charge is 0.166 e. The van der Waals surface area contributed by atoms with Crippen molar-refractivity contribution >= 4 is 17.8 Å². The second-order valence-corrected chi connectivity index (χ2v) is 6.75. The highest BCUT2D eigenvalue weighted by molar-refractivity contribution is 6.30. The molecule has 0 bridgehead atoms. The van der Waals surface area contributed by atoms with E-state index in [1.165, 1.54) is 5.56 Å². The number of rotatable bonds is 5. The molecule has 25 heavy (non-hydrogen) atoms. The topological polar surface area (TPSA) is 45.1 Å². The lowest BCUT2D eigenvalue weighted by Crippen LogP contribution is -2.34. The van der Waals surface area contributed by atoms with Gasteiger partial charge in [0.2, 0.25) is 0 Å². The largest absolute Gasteiger partial charge is 0.504 e. The molecular weight excluding hydrogens is 336 g/mol. The minimum absolute atomic E-state index is 0.147. The van der Waals surface area contributed by atoms with Gasteiger partial charge in [0, 0.05) is 36.4 Å². The molecule has 1 heterocycles. The Bertz CT molecular complexity index is 723. The Labute approximate surface area is 153 Å². The van der Waals surface area contributed by atoms with Crippen LogP contribution in [0, 0.1) is 0 Å². The number of hydrogen-bond acceptors (Lipinski definition) is 4. The highest BCUT2D eigenvalue weighted by Crippen LogP contribution is 2.28. The SMILES string of the molecule is COc1cccc(C=NC2CCN(Cc3ccc(Cl)cc3)CC2)c1O. The molecule has 0 unspecified atom stereocenters. The highest BCUT2D eigenvalue weighted by Gasteiger charge is 2.18. The molecule has 2 aromatic carbocycles. The Kier molecular flexibility index (Phi) is 5.95. The summed E-state index contributed by atoms with van der Waals surface area (Å²) in [5.74, 6) is 0.621. The third-order valence-corrected chi connectivity index (χ3v) is 4.80. The van der Waals surface area contributed by atoms with E-state index in [1.54, 1.807) is 19.4 Å². The fourth-order valence-electron chi connectivity index (χ4n) is 3.07. The summed E-state index contributed by atoms with van der Waals surface area (Å²) in [7, 11) is 1.55. The third-order valence-electron chi connectivity index (χ3n) is 4.55. The maximum Gasteiger partial charge on any atom is 0.166 e. The quantitative estimate of drug-likeness (QED) is 0.817. The lowest BCUT2D eigenvalue weighted by molar-refractivity contribution is 0.206. The van der Waals surface area contributed by atoms with Crippen LogP contribution in [-0.2, 0) is 6.54 Å². The first-order valence-corrected chi connectivity index (χ1v) is 8.89. The first-order chi connectivity index (χ1) is 12.2. The van der Waals surface area contributed by atoms with Crippen LogP contribution in [0.5, 0.6) is 11.5 Å². The van der Waals surface area contributed by atoms with Gasteiger partial charge in [-0.1, -0.05) is 29.8 Å². The molecule has 0 radical (unpaired) electrons. The van der Waals surface area contributed by atoms with Gasteiger partial charge in [-0.05, 0) is 42.7 Å². The van der Waals surface area contributed by atoms with Crippen molar-refractivity contribution in [2.45, 2.75) is 25.4 Å². The zero-order valence-electron chi connectivity index (χ0n) is 14.4. The normalized spacial score (nSPS) is 16.4. The number of methoxy groups -OCH3 is 1. The number of aromatic hydroxyl groups is 1. The van der Waals surface area contributed by atoms with Crippen LogP contribution in [0.2, 0.25) is 5.02 Å². The fraction of sp³-hybridized carbons (Fsp3) is 0.350. The van der Waals surface area contributed by atoms with E-state index in [4.69, 9.17) is 16.3 Å². The molecule has 4 nitrogen and oxygen atoms in total. The van der Waals surface area contributed by atoms with Crippen molar-refractivity contribution < 1.29 is 9.84 Å². The predicted molar refractivity (Wildman–Crippen MR) is 102 cm³/mol. The Morgan fingerprint density at radius 3 is 2.60 bits per heavy atom. The number of aliphatic imine (C=N–C) groups is 1. The van der Waals surface area contributed by atoms with Crippen molar-refractivity contribution in [2.75, 3.05) is 20.2 Å². The number of ether oxygens (including phenoxy) is 1. The number of para-hydroxylation sites is 1. The van der Waals surface area contributed by atoms with E-state index in [0.717, 1.165) is 37.5 Å². The second-order valence-electron chi connectivity index (χ2n) is 6.31. The summed E-state index contributed by atoms with van der Waals surface area (Å²) in [5, 5.41) is 10.9. The van der Waals surface area contributed by atoms with Crippen LogP contribution in [-0.4, -0.2) is 42.5 Å². The number of halogens is 1. The molecule has 2 aromatic rings. The number of likely N-dealkylation sites (tertiary alicyclic amines) is 1. The van der Waals surface area contributed by atoms with Crippen molar-refractivity contribution in [2.24, 2.45) is 4.99 Å². The van der Waals surface area contributed by atoms with Crippen molar-refractivity contribution in [1.29, 1.82) is 0 Å². The van der Waals surface area contributed by atoms with Crippen LogP contribution in [0.4, 0.5) is 0 Å². The zero-order chi connectivity index (χ0) is 17.6. The van der Waals surface area contributed by atoms with Gasteiger partial charge in [0.15, 0.2) is 11.5 Å². The maximum absolute atomic E-state index is 10.1. The van der Waals surface area contributed by atoms with Gasteiger partial charge in [0.05, 0.1) is 13.2 Å². The first kappa shape index (κ1) is 17.8. The minimum Gasteiger partial charge on any atom is -0.504 e. The molecule has 0 atom stereocenters. The molecule has 0 aromatic heterocycles. The van der Waals surface area contributed by atoms with Gasteiger partial charge in [0.1, 0.15) is 0 Å². The monoisotopic (exact) mass is 358 g/mol. The molecule has 1 aliphatic rings. The molecule has 1 saturated heterocycles. The van der Waals surface area contributed by atoms with E-state index in [2.05, 4.69) is 22.0 Å². The molecule has 3 rings (SSSR count). The molecule has 0 saturated carbocycles. The van der Waals surface area contributed by atoms with Crippen LogP contribution in [0.25, 0.3) is 0 Å². The Morgan fingerprint density at radius 2 is 1.92 bits per heavy atom. The molecule has 5 heteroatoms. The lowest BCUT2D eigenvalue weighted by Gasteiger charge is -2.30. The van der Waals surface area contributed by atoms with Gasteiger partial charge in [-0.15, -0.1) is 0 Å². The summed E-state index contributed by atoms with van der Waals surface area (Å²) in [6, 6.07) is 13.8. The van der Waals surface area contributed by atoms with Crippen LogP contribution in [0.3, 0.4) is 0 Å². The Hall–Kier alpha value is -2.04. The van der Waals surface area contributed by atoms with Crippen molar-refractivity contribution in [3.8, 4) is 11.5 Å². The lowest BCUT2D eigenvalue weighted by atomic mass is 10.0. The number of nitrogens with zero attached hydrogens (tertiary/aromatic N) is 2. The number of benzene rings is 2. The molecule has 0 aliphatic carbocycles. The molecule has 1 aliphatic heterocycles.